The molecule has 1 aliphatic carbocycles. The average molecular weight is 333 g/mol. The summed E-state index contributed by atoms with van der Waals surface area (Å²) in [5, 5.41) is 13.8. The molecular weight excluding hydrogens is 314 g/mol. The number of hydrogen-bond acceptors (Lipinski definition) is 2. The largest absolute Gasteiger partial charge is 0.393 e. The summed E-state index contributed by atoms with van der Waals surface area (Å²) in [6, 6.07) is 5.87. The van der Waals surface area contributed by atoms with E-state index in [1.165, 1.54) is 12.0 Å². The first-order chi connectivity index (χ1) is 8.65. The van der Waals surface area contributed by atoms with Crippen molar-refractivity contribution in [1.29, 1.82) is 0 Å². The Kier molecular flexibility index (Phi) is 5.49. The molecule has 0 saturated heterocycles. The molecule has 0 aliphatic heterocycles. The number of hydrogen-bond donors (Lipinski definition) is 2. The average Bonchev–Trinajstić information content (AvgIpc) is 2.32. The summed E-state index contributed by atoms with van der Waals surface area (Å²) in [5.74, 6) is 0.611. The van der Waals surface area contributed by atoms with E-state index >= 15 is 0 Å². The van der Waals surface area contributed by atoms with Crippen molar-refractivity contribution >= 4 is 27.5 Å². The van der Waals surface area contributed by atoms with Crippen LogP contribution in [-0.2, 0) is 6.54 Å². The lowest BCUT2D eigenvalue weighted by Crippen LogP contribution is -2.28. The van der Waals surface area contributed by atoms with Gasteiger partial charge in [0.05, 0.1) is 6.10 Å². The van der Waals surface area contributed by atoms with Gasteiger partial charge in [-0.25, -0.2) is 0 Å². The molecular formula is C14H19BrClNO. The van der Waals surface area contributed by atoms with E-state index in [2.05, 4.69) is 21.2 Å². The molecule has 0 spiro atoms. The molecule has 4 heteroatoms. The third-order valence-electron chi connectivity index (χ3n) is 3.52. The molecule has 0 bridgehead atoms. The van der Waals surface area contributed by atoms with Crippen molar-refractivity contribution in [3.8, 4) is 0 Å². The van der Waals surface area contributed by atoms with Crippen LogP contribution < -0.4 is 5.32 Å². The highest BCUT2D eigenvalue weighted by Gasteiger charge is 2.19. The Morgan fingerprint density at radius 1 is 1.39 bits per heavy atom. The quantitative estimate of drug-likeness (QED) is 0.880. The topological polar surface area (TPSA) is 32.3 Å². The van der Waals surface area contributed by atoms with E-state index in [9.17, 15) is 5.11 Å². The maximum absolute atomic E-state index is 9.62. The van der Waals surface area contributed by atoms with Crippen molar-refractivity contribution in [2.45, 2.75) is 38.3 Å². The molecule has 0 heterocycles. The molecule has 2 N–H and O–H groups in total. The first kappa shape index (κ1) is 14.3. The predicted octanol–water partition coefficient (Wildman–Crippen LogP) is 3.74. The second-order valence-corrected chi connectivity index (χ2v) is 6.34. The van der Waals surface area contributed by atoms with E-state index in [0.717, 1.165) is 41.8 Å². The van der Waals surface area contributed by atoms with Crippen LogP contribution in [0.5, 0.6) is 0 Å². The van der Waals surface area contributed by atoms with E-state index < -0.39 is 0 Å². The van der Waals surface area contributed by atoms with Gasteiger partial charge < -0.3 is 10.4 Å². The molecule has 2 unspecified atom stereocenters. The number of halogens is 2. The molecule has 2 atom stereocenters. The molecule has 0 amide bonds. The van der Waals surface area contributed by atoms with E-state index in [1.807, 2.05) is 18.2 Å². The highest BCUT2D eigenvalue weighted by Crippen LogP contribution is 2.24. The summed E-state index contributed by atoms with van der Waals surface area (Å²) in [5.41, 5.74) is 1.22. The van der Waals surface area contributed by atoms with Gasteiger partial charge in [0.15, 0.2) is 0 Å². The van der Waals surface area contributed by atoms with Gasteiger partial charge in [-0.1, -0.05) is 40.0 Å². The fourth-order valence-corrected chi connectivity index (χ4v) is 3.35. The Balaban J connectivity index is 1.77. The maximum Gasteiger partial charge on any atom is 0.0543 e. The van der Waals surface area contributed by atoms with E-state index in [-0.39, 0.29) is 6.10 Å². The summed E-state index contributed by atoms with van der Waals surface area (Å²) in [7, 11) is 0. The lowest BCUT2D eigenvalue weighted by molar-refractivity contribution is 0.101. The van der Waals surface area contributed by atoms with Gasteiger partial charge in [-0.05, 0) is 49.4 Å². The van der Waals surface area contributed by atoms with Gasteiger partial charge >= 0.3 is 0 Å². The van der Waals surface area contributed by atoms with Gasteiger partial charge in [0.1, 0.15) is 0 Å². The van der Waals surface area contributed by atoms with Crippen molar-refractivity contribution in [2.75, 3.05) is 6.54 Å². The Morgan fingerprint density at radius 3 is 2.94 bits per heavy atom. The Morgan fingerprint density at radius 2 is 2.22 bits per heavy atom. The van der Waals surface area contributed by atoms with Gasteiger partial charge in [-0.15, -0.1) is 0 Å². The Labute approximate surface area is 122 Å². The van der Waals surface area contributed by atoms with Crippen molar-refractivity contribution in [3.05, 3.63) is 33.3 Å². The van der Waals surface area contributed by atoms with Crippen LogP contribution in [0.2, 0.25) is 5.02 Å². The molecule has 1 aromatic carbocycles. The Bertz CT molecular complexity index is 399. The van der Waals surface area contributed by atoms with E-state index in [0.29, 0.717) is 5.92 Å². The molecule has 0 radical (unpaired) electrons. The molecule has 2 nitrogen and oxygen atoms in total. The second-order valence-electron chi connectivity index (χ2n) is 5.05. The summed E-state index contributed by atoms with van der Waals surface area (Å²) in [4.78, 5) is 0. The highest BCUT2D eigenvalue weighted by molar-refractivity contribution is 9.10. The molecule has 1 aromatic rings. The first-order valence-electron chi connectivity index (χ1n) is 6.48. The van der Waals surface area contributed by atoms with Crippen LogP contribution in [0.4, 0.5) is 0 Å². The van der Waals surface area contributed by atoms with Crippen molar-refractivity contribution in [2.24, 2.45) is 5.92 Å². The smallest absolute Gasteiger partial charge is 0.0543 e. The number of nitrogens with one attached hydrogen (secondary N) is 1. The minimum absolute atomic E-state index is 0.0900. The second kappa shape index (κ2) is 6.90. The fourth-order valence-electron chi connectivity index (χ4n) is 2.52. The van der Waals surface area contributed by atoms with Crippen molar-refractivity contribution in [3.63, 3.8) is 0 Å². The summed E-state index contributed by atoms with van der Waals surface area (Å²) in [6.07, 6.45) is 4.20. The molecule has 1 aliphatic rings. The molecule has 2 rings (SSSR count). The van der Waals surface area contributed by atoms with E-state index in [4.69, 9.17) is 11.6 Å². The van der Waals surface area contributed by atoms with Gasteiger partial charge in [0.25, 0.3) is 0 Å². The minimum atomic E-state index is -0.0900. The van der Waals surface area contributed by atoms with Crippen molar-refractivity contribution in [1.82, 2.24) is 5.32 Å². The molecule has 100 valence electrons. The normalized spacial score (nSPS) is 24.2. The summed E-state index contributed by atoms with van der Waals surface area (Å²) in [6.45, 7) is 1.82. The van der Waals surface area contributed by atoms with Gasteiger partial charge in [-0.3, -0.25) is 0 Å². The van der Waals surface area contributed by atoms with Crippen LogP contribution in [0.15, 0.2) is 22.7 Å². The zero-order valence-corrected chi connectivity index (χ0v) is 12.7. The van der Waals surface area contributed by atoms with Crippen LogP contribution in [0.25, 0.3) is 0 Å². The predicted molar refractivity (Wildman–Crippen MR) is 78.8 cm³/mol. The zero-order chi connectivity index (χ0) is 13.0. The lowest BCUT2D eigenvalue weighted by atomic mass is 9.87. The maximum atomic E-state index is 9.62. The highest BCUT2D eigenvalue weighted by atomic mass is 79.9. The number of aliphatic hydroxyl groups is 1. The number of rotatable bonds is 4. The van der Waals surface area contributed by atoms with Gasteiger partial charge in [0, 0.05) is 16.0 Å². The van der Waals surface area contributed by atoms with Gasteiger partial charge in [-0.2, -0.15) is 0 Å². The standard InChI is InChI=1S/C14H19BrClNO/c15-14-7-12(16)5-4-11(14)9-17-8-10-2-1-3-13(18)6-10/h4-5,7,10,13,17-18H,1-3,6,8-9H2. The lowest BCUT2D eigenvalue weighted by Gasteiger charge is -2.26. The zero-order valence-electron chi connectivity index (χ0n) is 10.3. The fraction of sp³-hybridized carbons (Fsp3) is 0.571. The van der Waals surface area contributed by atoms with Crippen LogP contribution in [0.3, 0.4) is 0 Å². The number of aliphatic hydroxyl groups excluding tert-OH is 1. The van der Waals surface area contributed by atoms with Crippen LogP contribution >= 0.6 is 27.5 Å². The molecule has 0 aromatic heterocycles. The Hall–Kier alpha value is -0.0900. The third-order valence-corrected chi connectivity index (χ3v) is 4.49. The van der Waals surface area contributed by atoms with Crippen molar-refractivity contribution < 1.29 is 5.11 Å². The molecule has 1 fully saturated rings. The van der Waals surface area contributed by atoms with Crippen LogP contribution in [0, 0.1) is 5.92 Å². The summed E-state index contributed by atoms with van der Waals surface area (Å²) >= 11 is 9.43. The van der Waals surface area contributed by atoms with E-state index in [1.54, 1.807) is 0 Å². The number of benzene rings is 1. The molecule has 1 saturated carbocycles. The van der Waals surface area contributed by atoms with Gasteiger partial charge in [0.2, 0.25) is 0 Å². The summed E-state index contributed by atoms with van der Waals surface area (Å²) < 4.78 is 1.05. The minimum Gasteiger partial charge on any atom is -0.393 e. The third kappa shape index (κ3) is 4.23. The SMILES string of the molecule is OC1CCCC(CNCc2ccc(Cl)cc2Br)C1. The molecule has 18 heavy (non-hydrogen) atoms. The first-order valence-corrected chi connectivity index (χ1v) is 7.65. The van der Waals surface area contributed by atoms with Crippen LogP contribution in [0.1, 0.15) is 31.2 Å². The monoisotopic (exact) mass is 331 g/mol. The van der Waals surface area contributed by atoms with Crippen LogP contribution in [-0.4, -0.2) is 17.8 Å².